The average molecular weight is 394 g/mol. The summed E-state index contributed by atoms with van der Waals surface area (Å²) in [7, 11) is 0. The molecule has 0 spiro atoms. The van der Waals surface area contributed by atoms with Gasteiger partial charge in [0.05, 0.1) is 22.3 Å². The molecule has 1 fully saturated rings. The van der Waals surface area contributed by atoms with Gasteiger partial charge < -0.3 is 9.47 Å². The second kappa shape index (κ2) is 6.80. The standard InChI is InChI=1S/C21H16ClN3O3/c22-16-9-20-19(27-11-28-20)7-13(16)10-23-25-21(26)15-8-18(12-5-6-12)24-17-4-2-1-3-14(15)17/h1-4,7-10,12H,5-6,11H2,(H,25,26)/b23-10+. The van der Waals surface area contributed by atoms with Crippen LogP contribution in [0.2, 0.25) is 5.02 Å². The van der Waals surface area contributed by atoms with Gasteiger partial charge in [0.2, 0.25) is 6.79 Å². The quantitative estimate of drug-likeness (QED) is 0.531. The zero-order chi connectivity index (χ0) is 19.1. The molecule has 7 heteroatoms. The van der Waals surface area contributed by atoms with Gasteiger partial charge in [-0.3, -0.25) is 9.78 Å². The number of rotatable bonds is 4. The summed E-state index contributed by atoms with van der Waals surface area (Å²) in [6, 6.07) is 12.9. The van der Waals surface area contributed by atoms with Crippen LogP contribution in [-0.4, -0.2) is 23.9 Å². The molecule has 28 heavy (non-hydrogen) atoms. The first kappa shape index (κ1) is 17.0. The van der Waals surface area contributed by atoms with Crippen molar-refractivity contribution in [2.75, 3.05) is 6.79 Å². The Labute approximate surface area is 166 Å². The molecule has 2 heterocycles. The molecule has 0 atom stereocenters. The largest absolute Gasteiger partial charge is 0.454 e. The van der Waals surface area contributed by atoms with E-state index in [4.69, 9.17) is 26.1 Å². The molecule has 2 aliphatic rings. The number of pyridine rings is 1. The minimum Gasteiger partial charge on any atom is -0.454 e. The van der Waals surface area contributed by atoms with Crippen molar-refractivity contribution in [2.45, 2.75) is 18.8 Å². The number of carbonyl (C=O) groups is 1. The molecule has 1 aliphatic heterocycles. The topological polar surface area (TPSA) is 72.8 Å². The van der Waals surface area contributed by atoms with Gasteiger partial charge in [-0.2, -0.15) is 5.10 Å². The number of ether oxygens (including phenoxy) is 2. The Kier molecular flexibility index (Phi) is 4.13. The monoisotopic (exact) mass is 393 g/mol. The van der Waals surface area contributed by atoms with Crippen LogP contribution in [0, 0.1) is 0 Å². The van der Waals surface area contributed by atoms with Crippen molar-refractivity contribution in [2.24, 2.45) is 5.10 Å². The minimum atomic E-state index is -0.284. The normalized spacial score (nSPS) is 15.3. The number of nitrogens with one attached hydrogen (secondary N) is 1. The van der Waals surface area contributed by atoms with E-state index in [0.717, 1.165) is 29.4 Å². The van der Waals surface area contributed by atoms with Crippen molar-refractivity contribution in [1.29, 1.82) is 0 Å². The van der Waals surface area contributed by atoms with Gasteiger partial charge >= 0.3 is 0 Å². The third kappa shape index (κ3) is 3.16. The van der Waals surface area contributed by atoms with E-state index in [2.05, 4.69) is 10.5 Å². The molecule has 0 unspecified atom stereocenters. The van der Waals surface area contributed by atoms with Gasteiger partial charge in [0, 0.05) is 28.6 Å². The molecular formula is C21H16ClN3O3. The number of hydrogen-bond donors (Lipinski definition) is 1. The van der Waals surface area contributed by atoms with E-state index in [1.807, 2.05) is 30.3 Å². The van der Waals surface area contributed by atoms with E-state index in [-0.39, 0.29) is 12.7 Å². The van der Waals surface area contributed by atoms with Crippen LogP contribution in [0.25, 0.3) is 10.9 Å². The second-order valence-corrected chi connectivity index (χ2v) is 7.22. The number of hydrogen-bond acceptors (Lipinski definition) is 5. The first-order valence-electron chi connectivity index (χ1n) is 9.01. The van der Waals surface area contributed by atoms with Crippen molar-refractivity contribution < 1.29 is 14.3 Å². The highest BCUT2D eigenvalue weighted by molar-refractivity contribution is 6.33. The summed E-state index contributed by atoms with van der Waals surface area (Å²) in [6.07, 6.45) is 3.73. The fourth-order valence-corrected chi connectivity index (χ4v) is 3.43. The van der Waals surface area contributed by atoms with Crippen molar-refractivity contribution >= 4 is 34.6 Å². The van der Waals surface area contributed by atoms with Gasteiger partial charge in [0.25, 0.3) is 5.91 Å². The van der Waals surface area contributed by atoms with E-state index in [1.54, 1.807) is 12.1 Å². The SMILES string of the molecule is O=C(N/N=C/c1cc2c(cc1Cl)OCO2)c1cc(C2CC2)nc2ccccc12. The number of carbonyl (C=O) groups excluding carboxylic acids is 1. The fourth-order valence-electron chi connectivity index (χ4n) is 3.22. The lowest BCUT2D eigenvalue weighted by Crippen LogP contribution is -2.18. The summed E-state index contributed by atoms with van der Waals surface area (Å²) in [5.41, 5.74) is 5.58. The Morgan fingerprint density at radius 1 is 1.18 bits per heavy atom. The van der Waals surface area contributed by atoms with Crippen molar-refractivity contribution in [3.63, 3.8) is 0 Å². The van der Waals surface area contributed by atoms with Crippen LogP contribution in [-0.2, 0) is 0 Å². The van der Waals surface area contributed by atoms with Crippen molar-refractivity contribution in [3.05, 3.63) is 64.3 Å². The van der Waals surface area contributed by atoms with Crippen LogP contribution in [0.5, 0.6) is 11.5 Å². The van der Waals surface area contributed by atoms with Crippen LogP contribution in [0.4, 0.5) is 0 Å². The third-order valence-corrected chi connectivity index (χ3v) is 5.17. The highest BCUT2D eigenvalue weighted by atomic mass is 35.5. The third-order valence-electron chi connectivity index (χ3n) is 4.84. The first-order chi connectivity index (χ1) is 13.7. The molecule has 0 radical (unpaired) electrons. The Bertz CT molecular complexity index is 1130. The van der Waals surface area contributed by atoms with E-state index < -0.39 is 0 Å². The molecule has 1 aliphatic carbocycles. The lowest BCUT2D eigenvalue weighted by atomic mass is 10.1. The van der Waals surface area contributed by atoms with Gasteiger partial charge in [0.1, 0.15) is 0 Å². The van der Waals surface area contributed by atoms with E-state index >= 15 is 0 Å². The number of aromatic nitrogens is 1. The van der Waals surface area contributed by atoms with Gasteiger partial charge in [-0.1, -0.05) is 29.8 Å². The number of halogens is 1. The number of amides is 1. The number of fused-ring (bicyclic) bond motifs is 2. The number of nitrogens with zero attached hydrogens (tertiary/aromatic N) is 2. The molecule has 6 nitrogen and oxygen atoms in total. The van der Waals surface area contributed by atoms with Gasteiger partial charge in [-0.15, -0.1) is 0 Å². The summed E-state index contributed by atoms with van der Waals surface area (Å²) >= 11 is 6.23. The molecule has 1 aromatic heterocycles. The maximum atomic E-state index is 12.8. The second-order valence-electron chi connectivity index (χ2n) is 6.81. The molecule has 3 aromatic rings. The molecule has 5 rings (SSSR count). The molecule has 1 saturated carbocycles. The minimum absolute atomic E-state index is 0.168. The van der Waals surface area contributed by atoms with E-state index in [0.29, 0.717) is 33.6 Å². The Morgan fingerprint density at radius 3 is 2.79 bits per heavy atom. The molecule has 2 aromatic carbocycles. The molecular weight excluding hydrogens is 378 g/mol. The number of para-hydroxylation sites is 1. The van der Waals surface area contributed by atoms with Gasteiger partial charge in [-0.25, -0.2) is 5.43 Å². The summed E-state index contributed by atoms with van der Waals surface area (Å²) < 4.78 is 10.6. The maximum absolute atomic E-state index is 12.8. The first-order valence-corrected chi connectivity index (χ1v) is 9.39. The fraction of sp³-hybridized carbons (Fsp3) is 0.190. The molecule has 1 amide bonds. The Morgan fingerprint density at radius 2 is 1.96 bits per heavy atom. The lowest BCUT2D eigenvalue weighted by Gasteiger charge is -2.08. The zero-order valence-corrected chi connectivity index (χ0v) is 15.6. The van der Waals surface area contributed by atoms with Gasteiger partial charge in [-0.05, 0) is 31.0 Å². The van der Waals surface area contributed by atoms with Crippen LogP contribution < -0.4 is 14.9 Å². The zero-order valence-electron chi connectivity index (χ0n) is 14.8. The lowest BCUT2D eigenvalue weighted by molar-refractivity contribution is 0.0956. The molecule has 0 saturated heterocycles. The van der Waals surface area contributed by atoms with Gasteiger partial charge in [0.15, 0.2) is 11.5 Å². The summed E-state index contributed by atoms with van der Waals surface area (Å²) in [5.74, 6) is 1.37. The molecule has 0 bridgehead atoms. The predicted molar refractivity (Wildman–Crippen MR) is 106 cm³/mol. The summed E-state index contributed by atoms with van der Waals surface area (Å²) in [4.78, 5) is 17.5. The Hall–Kier alpha value is -3.12. The number of hydrazone groups is 1. The summed E-state index contributed by atoms with van der Waals surface area (Å²) in [6.45, 7) is 0.168. The Balaban J connectivity index is 1.41. The highest BCUT2D eigenvalue weighted by Gasteiger charge is 2.27. The van der Waals surface area contributed by atoms with Crippen molar-refractivity contribution in [1.82, 2.24) is 10.4 Å². The van der Waals surface area contributed by atoms with Crippen molar-refractivity contribution in [3.8, 4) is 11.5 Å². The van der Waals surface area contributed by atoms with Crippen LogP contribution in [0.15, 0.2) is 47.6 Å². The van der Waals surface area contributed by atoms with E-state index in [1.165, 1.54) is 6.21 Å². The summed E-state index contributed by atoms with van der Waals surface area (Å²) in [5, 5.41) is 5.35. The average Bonchev–Trinajstić information content (AvgIpc) is 3.46. The van der Waals surface area contributed by atoms with Crippen LogP contribution >= 0.6 is 11.6 Å². The van der Waals surface area contributed by atoms with Crippen LogP contribution in [0.1, 0.15) is 40.4 Å². The highest BCUT2D eigenvalue weighted by Crippen LogP contribution is 2.40. The maximum Gasteiger partial charge on any atom is 0.272 e. The predicted octanol–water partition coefficient (Wildman–Crippen LogP) is 4.26. The number of benzene rings is 2. The van der Waals surface area contributed by atoms with E-state index in [9.17, 15) is 4.79 Å². The van der Waals surface area contributed by atoms with Crippen LogP contribution in [0.3, 0.4) is 0 Å². The molecule has 140 valence electrons. The molecule has 1 N–H and O–H groups in total. The smallest absolute Gasteiger partial charge is 0.272 e.